The van der Waals surface area contributed by atoms with Crippen LogP contribution in [-0.4, -0.2) is 53.3 Å². The average Bonchev–Trinajstić information content (AvgIpc) is 2.69. The zero-order valence-corrected chi connectivity index (χ0v) is 16.6. The van der Waals surface area contributed by atoms with Crippen molar-refractivity contribution < 1.29 is 52.0 Å². The summed E-state index contributed by atoms with van der Waals surface area (Å²) in [4.78, 5) is 47.9. The number of rotatable bonds is 10. The lowest BCUT2D eigenvalue weighted by Crippen LogP contribution is -2.51. The number of hydrogen-bond donors (Lipinski definition) is 3. The van der Waals surface area contributed by atoms with Gasteiger partial charge in [-0.15, -0.1) is 0 Å². The molecule has 31 heavy (non-hydrogen) atoms. The second-order valence-electron chi connectivity index (χ2n) is 6.21. The fourth-order valence-electron chi connectivity index (χ4n) is 2.56. The molecule has 0 fully saturated rings. The first-order valence-electron chi connectivity index (χ1n) is 9.12. The van der Waals surface area contributed by atoms with E-state index in [1.165, 1.54) is 13.8 Å². The maximum Gasteiger partial charge on any atom is 0.416 e. The van der Waals surface area contributed by atoms with Crippen LogP contribution in [0.2, 0.25) is 0 Å². The highest BCUT2D eigenvalue weighted by atomic mass is 19.4. The lowest BCUT2D eigenvalue weighted by atomic mass is 9.95. The lowest BCUT2D eigenvalue weighted by Gasteiger charge is -2.24. The van der Waals surface area contributed by atoms with Crippen molar-refractivity contribution in [1.29, 1.82) is 0 Å². The quantitative estimate of drug-likeness (QED) is 0.456. The number of ether oxygens (including phenoxy) is 2. The molecule has 172 valence electrons. The highest BCUT2D eigenvalue weighted by molar-refractivity contribution is 5.92. The molecule has 0 bridgehead atoms. The number of nitrogens with one attached hydrogen (secondary N) is 1. The molecule has 9 nitrogen and oxygen atoms in total. The van der Waals surface area contributed by atoms with Gasteiger partial charge in [0.25, 0.3) is 5.91 Å². The van der Waals surface area contributed by atoms with Gasteiger partial charge in [0.1, 0.15) is 6.04 Å². The van der Waals surface area contributed by atoms with Crippen molar-refractivity contribution in [3.05, 3.63) is 35.4 Å². The van der Waals surface area contributed by atoms with E-state index in [9.17, 15) is 42.6 Å². The third kappa shape index (κ3) is 7.55. The standard InChI is InChI=1S/C19H22F3NO8/c1-3-30-13(24)9-12(18(29)31-4-2)14(17(27)28)23-16(26)15(25)10-5-7-11(8-6-10)19(20,21)22/h5-8,12,14-15,25H,3-4,9H2,1-2H3,(H,23,26)(H,27,28)/t12-,14-,15-/m1/s1. The van der Waals surface area contributed by atoms with Gasteiger partial charge in [0.2, 0.25) is 0 Å². The number of hydrogen-bond acceptors (Lipinski definition) is 7. The van der Waals surface area contributed by atoms with E-state index in [0.29, 0.717) is 12.1 Å². The molecule has 1 amide bonds. The fraction of sp³-hybridized carbons (Fsp3) is 0.474. The van der Waals surface area contributed by atoms with Crippen LogP contribution in [0.15, 0.2) is 24.3 Å². The number of carboxylic acids is 1. The maximum atomic E-state index is 12.6. The van der Waals surface area contributed by atoms with Gasteiger partial charge in [0.15, 0.2) is 6.10 Å². The Bertz CT molecular complexity index is 794. The van der Waals surface area contributed by atoms with Crippen molar-refractivity contribution in [3.8, 4) is 0 Å². The Morgan fingerprint density at radius 2 is 1.58 bits per heavy atom. The molecule has 0 aliphatic carbocycles. The van der Waals surface area contributed by atoms with E-state index in [2.05, 4.69) is 0 Å². The first-order chi connectivity index (χ1) is 14.4. The van der Waals surface area contributed by atoms with Gasteiger partial charge in [-0.1, -0.05) is 12.1 Å². The molecule has 0 saturated carbocycles. The summed E-state index contributed by atoms with van der Waals surface area (Å²) < 4.78 is 47.4. The van der Waals surface area contributed by atoms with Crippen LogP contribution in [-0.2, 0) is 34.8 Å². The predicted molar refractivity (Wildman–Crippen MR) is 97.3 cm³/mol. The van der Waals surface area contributed by atoms with Crippen LogP contribution >= 0.6 is 0 Å². The third-order valence-electron chi connectivity index (χ3n) is 4.05. The van der Waals surface area contributed by atoms with Gasteiger partial charge in [-0.05, 0) is 31.5 Å². The molecule has 0 aliphatic rings. The van der Waals surface area contributed by atoms with Crippen molar-refractivity contribution >= 4 is 23.8 Å². The molecule has 0 aromatic heterocycles. The Balaban J connectivity index is 3.06. The molecule has 3 N–H and O–H groups in total. The summed E-state index contributed by atoms with van der Waals surface area (Å²) >= 11 is 0. The first kappa shape index (κ1) is 25.9. The number of benzene rings is 1. The van der Waals surface area contributed by atoms with E-state index in [1.807, 2.05) is 5.32 Å². The van der Waals surface area contributed by atoms with Gasteiger partial charge in [-0.2, -0.15) is 13.2 Å². The zero-order valence-electron chi connectivity index (χ0n) is 16.6. The number of esters is 2. The fourth-order valence-corrected chi connectivity index (χ4v) is 2.56. The number of aliphatic carboxylic acids is 1. The Morgan fingerprint density at radius 1 is 1.03 bits per heavy atom. The molecule has 1 aromatic carbocycles. The number of amides is 1. The van der Waals surface area contributed by atoms with E-state index in [-0.39, 0.29) is 18.8 Å². The van der Waals surface area contributed by atoms with E-state index >= 15 is 0 Å². The summed E-state index contributed by atoms with van der Waals surface area (Å²) in [6.45, 7) is 2.77. The molecule has 1 rings (SSSR count). The predicted octanol–water partition coefficient (Wildman–Crippen LogP) is 1.44. The number of carboxylic acid groups (broad SMARTS) is 1. The normalized spacial score (nSPS) is 14.1. The largest absolute Gasteiger partial charge is 0.480 e. The lowest BCUT2D eigenvalue weighted by molar-refractivity contribution is -0.160. The van der Waals surface area contributed by atoms with E-state index in [1.54, 1.807) is 0 Å². The SMILES string of the molecule is CCOC(=O)C[C@@H](C(=O)OCC)[C@@H](NC(=O)[C@H](O)c1ccc(C(F)(F)F)cc1)C(=O)O. The van der Waals surface area contributed by atoms with Crippen molar-refractivity contribution in [1.82, 2.24) is 5.32 Å². The second kappa shape index (κ2) is 11.3. The van der Waals surface area contributed by atoms with Gasteiger partial charge in [0.05, 0.1) is 31.1 Å². The zero-order chi connectivity index (χ0) is 23.8. The summed E-state index contributed by atoms with van der Waals surface area (Å²) in [7, 11) is 0. The van der Waals surface area contributed by atoms with Crippen LogP contribution < -0.4 is 5.32 Å². The minimum absolute atomic E-state index is 0.0366. The summed E-state index contributed by atoms with van der Waals surface area (Å²) in [6.07, 6.45) is -7.38. The van der Waals surface area contributed by atoms with Crippen LogP contribution in [0.5, 0.6) is 0 Å². The molecule has 0 heterocycles. The van der Waals surface area contributed by atoms with Crippen LogP contribution in [0, 0.1) is 5.92 Å². The van der Waals surface area contributed by atoms with E-state index < -0.39 is 60.0 Å². The average molecular weight is 449 g/mol. The number of carbonyl (C=O) groups is 4. The molecule has 1 aromatic rings. The van der Waals surface area contributed by atoms with Crippen molar-refractivity contribution in [3.63, 3.8) is 0 Å². The second-order valence-corrected chi connectivity index (χ2v) is 6.21. The summed E-state index contributed by atoms with van der Waals surface area (Å²) in [5, 5.41) is 21.5. The molecular weight excluding hydrogens is 427 g/mol. The van der Waals surface area contributed by atoms with Crippen molar-refractivity contribution in [2.75, 3.05) is 13.2 Å². The Morgan fingerprint density at radius 3 is 2.03 bits per heavy atom. The molecule has 12 heteroatoms. The molecule has 3 atom stereocenters. The summed E-state index contributed by atoms with van der Waals surface area (Å²) in [6, 6.07) is 1.01. The topological polar surface area (TPSA) is 139 Å². The number of aliphatic hydroxyl groups excluding tert-OH is 1. The van der Waals surface area contributed by atoms with Gasteiger partial charge in [-0.3, -0.25) is 14.4 Å². The number of aliphatic hydroxyl groups is 1. The van der Waals surface area contributed by atoms with Crippen LogP contribution in [0.4, 0.5) is 13.2 Å². The smallest absolute Gasteiger partial charge is 0.416 e. The molecule has 0 radical (unpaired) electrons. The van der Waals surface area contributed by atoms with Crippen LogP contribution in [0.1, 0.15) is 37.5 Å². The van der Waals surface area contributed by atoms with E-state index in [4.69, 9.17) is 9.47 Å². The number of alkyl halides is 3. The van der Waals surface area contributed by atoms with Gasteiger partial charge in [0, 0.05) is 0 Å². The molecular formula is C19H22F3NO8. The number of carbonyl (C=O) groups excluding carboxylic acids is 3. The molecule has 0 unspecified atom stereocenters. The third-order valence-corrected chi connectivity index (χ3v) is 4.05. The van der Waals surface area contributed by atoms with Gasteiger partial charge in [-0.25, -0.2) is 4.79 Å². The van der Waals surface area contributed by atoms with Crippen molar-refractivity contribution in [2.45, 2.75) is 38.6 Å². The molecule has 0 spiro atoms. The summed E-state index contributed by atoms with van der Waals surface area (Å²) in [5.41, 5.74) is -1.25. The highest BCUT2D eigenvalue weighted by Gasteiger charge is 2.39. The Hall–Kier alpha value is -3.15. The van der Waals surface area contributed by atoms with Crippen molar-refractivity contribution in [2.24, 2.45) is 5.92 Å². The Labute approximate surface area is 175 Å². The van der Waals surface area contributed by atoms with Crippen LogP contribution in [0.25, 0.3) is 0 Å². The minimum atomic E-state index is -4.62. The maximum absolute atomic E-state index is 12.6. The van der Waals surface area contributed by atoms with Gasteiger partial charge >= 0.3 is 24.1 Å². The minimum Gasteiger partial charge on any atom is -0.480 e. The molecule has 0 saturated heterocycles. The first-order valence-corrected chi connectivity index (χ1v) is 9.12. The van der Waals surface area contributed by atoms with E-state index in [0.717, 1.165) is 12.1 Å². The van der Waals surface area contributed by atoms with Crippen LogP contribution in [0.3, 0.4) is 0 Å². The highest BCUT2D eigenvalue weighted by Crippen LogP contribution is 2.30. The molecule has 0 aliphatic heterocycles. The monoisotopic (exact) mass is 449 g/mol. The summed E-state index contributed by atoms with van der Waals surface area (Å²) in [5.74, 6) is -6.67. The Kier molecular flexibility index (Phi) is 9.43. The van der Waals surface area contributed by atoms with Gasteiger partial charge < -0.3 is 25.0 Å². The number of halogens is 3.